The van der Waals surface area contributed by atoms with Gasteiger partial charge in [-0.2, -0.15) is 0 Å². The molecule has 0 radical (unpaired) electrons. The number of fused-ring (bicyclic) bond motifs is 1. The molecular formula is C21H22N4O3S. The van der Waals surface area contributed by atoms with Gasteiger partial charge in [-0.1, -0.05) is 18.2 Å². The van der Waals surface area contributed by atoms with Gasteiger partial charge in [0.1, 0.15) is 5.76 Å². The lowest BCUT2D eigenvalue weighted by atomic mass is 10.1. The molecule has 0 atom stereocenters. The van der Waals surface area contributed by atoms with Crippen molar-refractivity contribution in [2.75, 3.05) is 30.4 Å². The number of aromatic nitrogens is 1. The first-order valence-electron chi connectivity index (χ1n) is 9.38. The third-order valence-electron chi connectivity index (χ3n) is 5.03. The van der Waals surface area contributed by atoms with E-state index in [0.29, 0.717) is 35.2 Å². The average Bonchev–Trinajstić information content (AvgIpc) is 3.29. The summed E-state index contributed by atoms with van der Waals surface area (Å²) in [5.41, 5.74) is 3.44. The van der Waals surface area contributed by atoms with Crippen LogP contribution in [0.1, 0.15) is 27.4 Å². The van der Waals surface area contributed by atoms with Crippen LogP contribution in [0.3, 0.4) is 0 Å². The molecule has 3 heterocycles. The summed E-state index contributed by atoms with van der Waals surface area (Å²) in [7, 11) is 2.05. The fourth-order valence-corrected chi connectivity index (χ4v) is 4.11. The summed E-state index contributed by atoms with van der Waals surface area (Å²) in [6.45, 7) is 3.77. The normalized spacial score (nSPS) is 13.7. The van der Waals surface area contributed by atoms with Crippen molar-refractivity contribution in [2.24, 2.45) is 0 Å². The number of furan rings is 1. The van der Waals surface area contributed by atoms with Crippen molar-refractivity contribution < 1.29 is 14.0 Å². The zero-order valence-corrected chi connectivity index (χ0v) is 17.2. The van der Waals surface area contributed by atoms with Gasteiger partial charge >= 0.3 is 0 Å². The number of amides is 2. The van der Waals surface area contributed by atoms with Gasteiger partial charge < -0.3 is 14.2 Å². The van der Waals surface area contributed by atoms with Gasteiger partial charge in [0, 0.05) is 37.7 Å². The van der Waals surface area contributed by atoms with Gasteiger partial charge in [0.25, 0.3) is 5.91 Å². The Labute approximate surface area is 173 Å². The van der Waals surface area contributed by atoms with E-state index in [1.54, 1.807) is 13.0 Å². The third-order valence-corrected chi connectivity index (χ3v) is 5.84. The highest BCUT2D eigenvalue weighted by Crippen LogP contribution is 2.24. The molecule has 150 valence electrons. The smallest absolute Gasteiger partial charge is 0.260 e. The molecule has 0 unspecified atom stereocenters. The number of carbonyl (C=O) groups excluding carboxylic acids is 2. The molecule has 1 N–H and O–H groups in total. The highest BCUT2D eigenvalue weighted by atomic mass is 32.1. The predicted molar refractivity (Wildman–Crippen MR) is 112 cm³/mol. The molecule has 1 aliphatic rings. The summed E-state index contributed by atoms with van der Waals surface area (Å²) in [5, 5.41) is 5.05. The van der Waals surface area contributed by atoms with Crippen molar-refractivity contribution in [1.82, 2.24) is 9.88 Å². The molecule has 4 rings (SSSR count). The van der Waals surface area contributed by atoms with Crippen LogP contribution in [-0.4, -0.2) is 41.8 Å². The first-order chi connectivity index (χ1) is 14.0. The fraction of sp³-hybridized carbons (Fsp3) is 0.286. The summed E-state index contributed by atoms with van der Waals surface area (Å²) in [5.74, 6) is 0.320. The van der Waals surface area contributed by atoms with Crippen LogP contribution in [0.4, 0.5) is 10.8 Å². The van der Waals surface area contributed by atoms with Crippen LogP contribution in [-0.2, 0) is 17.8 Å². The van der Waals surface area contributed by atoms with Crippen LogP contribution < -0.4 is 10.2 Å². The lowest BCUT2D eigenvalue weighted by Gasteiger charge is -2.20. The molecule has 1 aromatic carbocycles. The number of anilines is 2. The van der Waals surface area contributed by atoms with Gasteiger partial charge in [-0.25, -0.2) is 4.98 Å². The second-order valence-electron chi connectivity index (χ2n) is 7.03. The fourth-order valence-electron chi connectivity index (χ4n) is 3.40. The molecule has 1 aliphatic heterocycles. The second kappa shape index (κ2) is 8.08. The van der Waals surface area contributed by atoms with Crippen molar-refractivity contribution in [3.05, 3.63) is 64.6 Å². The van der Waals surface area contributed by atoms with E-state index >= 15 is 0 Å². The lowest BCUT2D eigenvalue weighted by molar-refractivity contribution is -0.130. The molecule has 0 bridgehead atoms. The summed E-state index contributed by atoms with van der Waals surface area (Å²) >= 11 is 1.31. The Morgan fingerprint density at radius 1 is 1.24 bits per heavy atom. The van der Waals surface area contributed by atoms with Crippen molar-refractivity contribution in [3.8, 4) is 0 Å². The van der Waals surface area contributed by atoms with Gasteiger partial charge in [-0.05, 0) is 24.6 Å². The maximum atomic E-state index is 12.9. The number of benzene rings is 1. The second-order valence-corrected chi connectivity index (χ2v) is 7.89. The van der Waals surface area contributed by atoms with Gasteiger partial charge in [-0.15, -0.1) is 11.3 Å². The minimum atomic E-state index is -0.268. The number of hydrogen-bond donors (Lipinski definition) is 1. The molecule has 2 aromatic heterocycles. The van der Waals surface area contributed by atoms with Crippen LogP contribution in [0.5, 0.6) is 0 Å². The molecule has 0 fully saturated rings. The predicted octanol–water partition coefficient (Wildman–Crippen LogP) is 3.32. The Morgan fingerprint density at radius 2 is 2.07 bits per heavy atom. The first kappa shape index (κ1) is 19.2. The number of rotatable bonds is 4. The summed E-state index contributed by atoms with van der Waals surface area (Å²) in [4.78, 5) is 33.6. The number of nitrogens with zero attached hydrogens (tertiary/aromatic N) is 3. The van der Waals surface area contributed by atoms with Gasteiger partial charge in [0.15, 0.2) is 5.13 Å². The van der Waals surface area contributed by atoms with E-state index in [-0.39, 0.29) is 18.2 Å². The van der Waals surface area contributed by atoms with Crippen molar-refractivity contribution in [1.29, 1.82) is 0 Å². The molecule has 3 aromatic rings. The molecule has 8 heteroatoms. The number of aryl methyl sites for hydroxylation is 1. The largest absolute Gasteiger partial charge is 0.469 e. The Bertz CT molecular complexity index is 1040. The number of thiazole rings is 1. The maximum absolute atomic E-state index is 12.9. The molecule has 7 nitrogen and oxygen atoms in total. The number of nitrogens with one attached hydrogen (secondary N) is 1. The van der Waals surface area contributed by atoms with E-state index in [9.17, 15) is 9.59 Å². The van der Waals surface area contributed by atoms with Gasteiger partial charge in [0.05, 0.1) is 23.9 Å². The van der Waals surface area contributed by atoms with Crippen LogP contribution in [0, 0.1) is 6.92 Å². The van der Waals surface area contributed by atoms with Gasteiger partial charge in [0.2, 0.25) is 5.91 Å². The monoisotopic (exact) mass is 410 g/mol. The summed E-state index contributed by atoms with van der Waals surface area (Å²) in [6.07, 6.45) is 1.69. The number of para-hydroxylation sites is 1. The van der Waals surface area contributed by atoms with Crippen LogP contribution in [0.2, 0.25) is 0 Å². The minimum Gasteiger partial charge on any atom is -0.469 e. The van der Waals surface area contributed by atoms with Crippen molar-refractivity contribution in [2.45, 2.75) is 19.9 Å². The molecule has 29 heavy (non-hydrogen) atoms. The number of carbonyl (C=O) groups is 2. The van der Waals surface area contributed by atoms with E-state index in [1.807, 2.05) is 29.5 Å². The van der Waals surface area contributed by atoms with E-state index in [1.165, 1.54) is 17.6 Å². The Hall–Kier alpha value is -3.13. The quantitative estimate of drug-likeness (QED) is 0.714. The highest BCUT2D eigenvalue weighted by Gasteiger charge is 2.22. The average molecular weight is 410 g/mol. The maximum Gasteiger partial charge on any atom is 0.260 e. The standard InChI is InChI=1S/C21H22N4O3S/c1-14-17(7-10-28-14)20(27)23-21-22-16(13-29-21)11-19(26)25-9-8-24(2)18-6-4-3-5-15(18)12-25/h3-7,10,13H,8-9,11-12H2,1-2H3,(H,22,23,27). The summed E-state index contributed by atoms with van der Waals surface area (Å²) in [6, 6.07) is 9.78. The molecule has 0 saturated carbocycles. The highest BCUT2D eigenvalue weighted by molar-refractivity contribution is 7.14. The van der Waals surface area contributed by atoms with Crippen molar-refractivity contribution >= 4 is 34.0 Å². The van der Waals surface area contributed by atoms with E-state index < -0.39 is 0 Å². The number of likely N-dealkylation sites (N-methyl/N-ethyl adjacent to an activating group) is 1. The zero-order chi connectivity index (χ0) is 20.4. The van der Waals surface area contributed by atoms with Crippen molar-refractivity contribution in [3.63, 3.8) is 0 Å². The topological polar surface area (TPSA) is 78.7 Å². The first-order valence-corrected chi connectivity index (χ1v) is 10.3. The van der Waals surface area contributed by atoms with Crippen LogP contribution >= 0.6 is 11.3 Å². The van der Waals surface area contributed by atoms with Crippen LogP contribution in [0.25, 0.3) is 0 Å². The molecule has 0 saturated heterocycles. The summed E-state index contributed by atoms with van der Waals surface area (Å²) < 4.78 is 5.16. The lowest BCUT2D eigenvalue weighted by Crippen LogP contribution is -2.35. The van der Waals surface area contributed by atoms with E-state index in [2.05, 4.69) is 27.3 Å². The Kier molecular flexibility index (Phi) is 5.35. The zero-order valence-electron chi connectivity index (χ0n) is 16.3. The molecular weight excluding hydrogens is 388 g/mol. The molecule has 0 spiro atoms. The molecule has 0 aliphatic carbocycles. The third kappa shape index (κ3) is 4.17. The Balaban J connectivity index is 1.40. The SMILES string of the molecule is Cc1occc1C(=O)Nc1nc(CC(=O)N2CCN(C)c3ccccc3C2)cs1. The van der Waals surface area contributed by atoms with Gasteiger partial charge in [-0.3, -0.25) is 14.9 Å². The Morgan fingerprint density at radius 3 is 2.86 bits per heavy atom. The van der Waals surface area contributed by atoms with E-state index in [4.69, 9.17) is 4.42 Å². The minimum absolute atomic E-state index is 0.0314. The van der Waals surface area contributed by atoms with E-state index in [0.717, 1.165) is 17.8 Å². The van der Waals surface area contributed by atoms with Crippen LogP contribution in [0.15, 0.2) is 46.4 Å². The molecule has 2 amide bonds. The number of hydrogen-bond acceptors (Lipinski definition) is 6.